The number of rotatable bonds is 5. The highest BCUT2D eigenvalue weighted by Gasteiger charge is 2.34. The molecule has 2 unspecified atom stereocenters. The number of para-hydroxylation sites is 1. The highest BCUT2D eigenvalue weighted by atomic mass is 32.2. The van der Waals surface area contributed by atoms with Crippen molar-refractivity contribution < 1.29 is 4.79 Å². The fraction of sp³-hybridized carbons (Fsp3) is 0.381. The van der Waals surface area contributed by atoms with Crippen LogP contribution < -0.4 is 10.6 Å². The van der Waals surface area contributed by atoms with Crippen molar-refractivity contribution in [1.29, 1.82) is 0 Å². The fourth-order valence-electron chi connectivity index (χ4n) is 4.08. The summed E-state index contributed by atoms with van der Waals surface area (Å²) in [5, 5.41) is 6.79. The Hall–Kier alpha value is -1.78. The zero-order valence-electron chi connectivity index (χ0n) is 14.3. The van der Waals surface area contributed by atoms with Crippen molar-refractivity contribution >= 4 is 23.4 Å². The first-order valence-electron chi connectivity index (χ1n) is 9.14. The molecule has 2 fully saturated rings. The van der Waals surface area contributed by atoms with Crippen LogP contribution >= 0.6 is 11.8 Å². The number of nitrogens with one attached hydrogen (secondary N) is 2. The van der Waals surface area contributed by atoms with E-state index in [-0.39, 0.29) is 5.91 Å². The Bertz CT molecular complexity index is 722. The van der Waals surface area contributed by atoms with E-state index < -0.39 is 0 Å². The van der Waals surface area contributed by atoms with Crippen molar-refractivity contribution in [1.82, 2.24) is 5.32 Å². The van der Waals surface area contributed by atoms with Gasteiger partial charge in [0, 0.05) is 28.3 Å². The minimum absolute atomic E-state index is 0.146. The molecule has 2 aliphatic heterocycles. The standard InChI is InChI=1S/C21H24N2OS/c24-21(14-15-12-16-10-11-17(13-15)22-16)23-19-8-4-5-9-20(19)25-18-6-2-1-3-7-18/h1-9,15-17,22H,10-14H2,(H,23,24). The third kappa shape index (κ3) is 4.25. The molecule has 1 amide bonds. The van der Waals surface area contributed by atoms with Gasteiger partial charge in [0.2, 0.25) is 5.91 Å². The van der Waals surface area contributed by atoms with E-state index in [4.69, 9.17) is 0 Å². The number of benzene rings is 2. The van der Waals surface area contributed by atoms with Gasteiger partial charge in [-0.15, -0.1) is 0 Å². The highest BCUT2D eigenvalue weighted by molar-refractivity contribution is 7.99. The summed E-state index contributed by atoms with van der Waals surface area (Å²) in [5.41, 5.74) is 0.915. The third-order valence-electron chi connectivity index (χ3n) is 5.18. The molecule has 2 atom stereocenters. The van der Waals surface area contributed by atoms with Crippen molar-refractivity contribution in [2.24, 2.45) is 5.92 Å². The normalized spacial score (nSPS) is 24.9. The van der Waals surface area contributed by atoms with Crippen LogP contribution in [0.4, 0.5) is 5.69 Å². The van der Waals surface area contributed by atoms with E-state index in [1.54, 1.807) is 11.8 Å². The second-order valence-electron chi connectivity index (χ2n) is 7.14. The van der Waals surface area contributed by atoms with Crippen LogP contribution in [-0.2, 0) is 4.79 Å². The Balaban J connectivity index is 1.39. The van der Waals surface area contributed by atoms with E-state index >= 15 is 0 Å². The molecule has 130 valence electrons. The van der Waals surface area contributed by atoms with Crippen LogP contribution in [0.5, 0.6) is 0 Å². The molecule has 0 spiro atoms. The lowest BCUT2D eigenvalue weighted by Gasteiger charge is -2.28. The first-order chi connectivity index (χ1) is 12.3. The average molecular weight is 353 g/mol. The maximum Gasteiger partial charge on any atom is 0.224 e. The third-order valence-corrected chi connectivity index (χ3v) is 6.26. The fourth-order valence-corrected chi connectivity index (χ4v) is 5.00. The monoisotopic (exact) mass is 352 g/mol. The summed E-state index contributed by atoms with van der Waals surface area (Å²) in [6.07, 6.45) is 5.48. The summed E-state index contributed by atoms with van der Waals surface area (Å²) in [4.78, 5) is 14.8. The predicted molar refractivity (Wildman–Crippen MR) is 103 cm³/mol. The lowest BCUT2D eigenvalue weighted by atomic mass is 9.89. The average Bonchev–Trinajstić information content (AvgIpc) is 2.96. The van der Waals surface area contributed by atoms with Crippen LogP contribution in [0.3, 0.4) is 0 Å². The number of amides is 1. The molecule has 0 saturated carbocycles. The lowest BCUT2D eigenvalue weighted by molar-refractivity contribution is -0.117. The molecule has 2 N–H and O–H groups in total. The second-order valence-corrected chi connectivity index (χ2v) is 8.25. The Morgan fingerprint density at radius 2 is 1.68 bits per heavy atom. The second kappa shape index (κ2) is 7.63. The highest BCUT2D eigenvalue weighted by Crippen LogP contribution is 2.35. The molecule has 2 saturated heterocycles. The number of carbonyl (C=O) groups is 1. The SMILES string of the molecule is O=C(CC1CC2CCC(C1)N2)Nc1ccccc1Sc1ccccc1. The molecule has 3 nitrogen and oxygen atoms in total. The molecule has 2 heterocycles. The molecule has 0 radical (unpaired) electrons. The van der Waals surface area contributed by atoms with E-state index in [0.29, 0.717) is 24.4 Å². The van der Waals surface area contributed by atoms with Gasteiger partial charge in [0.05, 0.1) is 5.69 Å². The van der Waals surface area contributed by atoms with Gasteiger partial charge in [-0.05, 0) is 55.9 Å². The topological polar surface area (TPSA) is 41.1 Å². The number of piperidine rings is 1. The molecule has 0 aliphatic carbocycles. The summed E-state index contributed by atoms with van der Waals surface area (Å²) in [6, 6.07) is 19.6. The smallest absolute Gasteiger partial charge is 0.224 e. The van der Waals surface area contributed by atoms with Crippen LogP contribution in [0.15, 0.2) is 64.4 Å². The van der Waals surface area contributed by atoms with E-state index in [0.717, 1.165) is 23.4 Å². The van der Waals surface area contributed by atoms with Crippen molar-refractivity contribution in [3.63, 3.8) is 0 Å². The van der Waals surface area contributed by atoms with Crippen LogP contribution in [-0.4, -0.2) is 18.0 Å². The summed E-state index contributed by atoms with van der Waals surface area (Å²) >= 11 is 1.69. The van der Waals surface area contributed by atoms with Crippen molar-refractivity contribution in [2.45, 2.75) is 54.0 Å². The molecule has 4 heteroatoms. The number of anilines is 1. The van der Waals surface area contributed by atoms with Gasteiger partial charge in [-0.2, -0.15) is 0 Å². The van der Waals surface area contributed by atoms with Crippen molar-refractivity contribution in [3.8, 4) is 0 Å². The van der Waals surface area contributed by atoms with E-state index in [1.807, 2.05) is 36.4 Å². The minimum atomic E-state index is 0.146. The maximum absolute atomic E-state index is 12.6. The zero-order chi connectivity index (χ0) is 17.1. The van der Waals surface area contributed by atoms with Crippen LogP contribution in [0, 0.1) is 5.92 Å². The van der Waals surface area contributed by atoms with Crippen LogP contribution in [0.1, 0.15) is 32.1 Å². The molecule has 0 aromatic heterocycles. The molecule has 2 bridgehead atoms. The number of carbonyl (C=O) groups excluding carboxylic acids is 1. The number of hydrogen-bond acceptors (Lipinski definition) is 3. The number of fused-ring (bicyclic) bond motifs is 2. The zero-order valence-corrected chi connectivity index (χ0v) is 15.1. The molecule has 2 aromatic rings. The maximum atomic E-state index is 12.6. The first-order valence-corrected chi connectivity index (χ1v) is 9.96. The summed E-state index contributed by atoms with van der Waals surface area (Å²) in [6.45, 7) is 0. The van der Waals surface area contributed by atoms with Gasteiger partial charge in [-0.25, -0.2) is 0 Å². The van der Waals surface area contributed by atoms with Gasteiger partial charge in [-0.3, -0.25) is 4.79 Å². The first kappa shape index (κ1) is 16.7. The number of hydrogen-bond donors (Lipinski definition) is 2. The minimum Gasteiger partial charge on any atom is -0.325 e. The van der Waals surface area contributed by atoms with Gasteiger partial charge < -0.3 is 10.6 Å². The Labute approximate surface area is 153 Å². The molecule has 25 heavy (non-hydrogen) atoms. The Kier molecular flexibility index (Phi) is 5.09. The molecular formula is C21H24N2OS. The van der Waals surface area contributed by atoms with E-state index in [1.165, 1.54) is 17.7 Å². The molecular weight excluding hydrogens is 328 g/mol. The molecule has 4 rings (SSSR count). The van der Waals surface area contributed by atoms with Gasteiger partial charge in [0.15, 0.2) is 0 Å². The van der Waals surface area contributed by atoms with Gasteiger partial charge in [-0.1, -0.05) is 42.1 Å². The van der Waals surface area contributed by atoms with Gasteiger partial charge in [0.1, 0.15) is 0 Å². The van der Waals surface area contributed by atoms with Crippen molar-refractivity contribution in [3.05, 3.63) is 54.6 Å². The lowest BCUT2D eigenvalue weighted by Crippen LogP contribution is -2.39. The largest absolute Gasteiger partial charge is 0.325 e. The van der Waals surface area contributed by atoms with Gasteiger partial charge >= 0.3 is 0 Å². The molecule has 2 aromatic carbocycles. The van der Waals surface area contributed by atoms with E-state index in [9.17, 15) is 4.79 Å². The predicted octanol–water partition coefficient (Wildman–Crippen LogP) is 4.70. The Morgan fingerprint density at radius 3 is 2.44 bits per heavy atom. The molecule has 2 aliphatic rings. The van der Waals surface area contributed by atoms with Crippen LogP contribution in [0.2, 0.25) is 0 Å². The quantitative estimate of drug-likeness (QED) is 0.820. The Morgan fingerprint density at radius 1 is 1.00 bits per heavy atom. The summed E-state index contributed by atoms with van der Waals surface area (Å²) in [7, 11) is 0. The van der Waals surface area contributed by atoms with Gasteiger partial charge in [0.25, 0.3) is 0 Å². The van der Waals surface area contributed by atoms with Crippen LogP contribution in [0.25, 0.3) is 0 Å². The summed E-state index contributed by atoms with van der Waals surface area (Å²) < 4.78 is 0. The van der Waals surface area contributed by atoms with E-state index in [2.05, 4.69) is 28.8 Å². The van der Waals surface area contributed by atoms with Crippen molar-refractivity contribution in [2.75, 3.05) is 5.32 Å². The summed E-state index contributed by atoms with van der Waals surface area (Å²) in [5.74, 6) is 0.667.